The molecule has 6 atom stereocenters. The Labute approximate surface area is 322 Å². The van der Waals surface area contributed by atoms with Crippen LogP contribution < -0.4 is 19.8 Å². The van der Waals surface area contributed by atoms with Crippen LogP contribution in [0.15, 0.2) is 96.6 Å². The predicted molar refractivity (Wildman–Crippen MR) is 202 cm³/mol. The summed E-state index contributed by atoms with van der Waals surface area (Å²) >= 11 is 8.54. The number of halogens is 3. The lowest BCUT2D eigenvalue weighted by atomic mass is 9.49. The second kappa shape index (κ2) is 13.2. The van der Waals surface area contributed by atoms with Crippen molar-refractivity contribution in [3.8, 4) is 17.2 Å². The van der Waals surface area contributed by atoms with Crippen molar-refractivity contribution in [1.29, 1.82) is 0 Å². The zero-order chi connectivity index (χ0) is 37.3. The van der Waals surface area contributed by atoms with E-state index in [2.05, 4.69) is 28.0 Å². The quantitative estimate of drug-likeness (QED) is 0.116. The molecule has 4 amide bonds. The number of allylic oxidation sites excluding steroid dienone is 2. The van der Waals surface area contributed by atoms with Crippen LogP contribution in [0.5, 0.6) is 17.2 Å². The van der Waals surface area contributed by atoms with E-state index >= 15 is 4.79 Å². The van der Waals surface area contributed by atoms with Crippen molar-refractivity contribution in [3.05, 3.63) is 122 Å². The van der Waals surface area contributed by atoms with E-state index in [4.69, 9.17) is 21.1 Å². The number of fused-ring (bicyclic) bond motifs is 4. The number of carbonyl (C=O) groups excluding carboxylic acids is 4. The van der Waals surface area contributed by atoms with Crippen LogP contribution in [-0.2, 0) is 24.6 Å². The van der Waals surface area contributed by atoms with Gasteiger partial charge in [0.15, 0.2) is 11.5 Å². The number of hydrogen-bond donors (Lipinski definition) is 2. The summed E-state index contributed by atoms with van der Waals surface area (Å²) < 4.78 is 26.0. The highest BCUT2D eigenvalue weighted by atomic mass is 127. The lowest BCUT2D eigenvalue weighted by Crippen LogP contribution is -2.53. The van der Waals surface area contributed by atoms with Crippen molar-refractivity contribution < 1.29 is 38.1 Å². The van der Waals surface area contributed by atoms with Gasteiger partial charge in [-0.1, -0.05) is 35.4 Å². The summed E-state index contributed by atoms with van der Waals surface area (Å²) in [6.45, 7) is 0. The van der Waals surface area contributed by atoms with Crippen molar-refractivity contribution in [3.63, 3.8) is 0 Å². The van der Waals surface area contributed by atoms with Crippen LogP contribution in [0, 0.1) is 33.1 Å². The van der Waals surface area contributed by atoms with Crippen LogP contribution in [0.2, 0.25) is 5.02 Å². The zero-order valence-electron chi connectivity index (χ0n) is 28.4. The molecule has 4 aromatic carbocycles. The van der Waals surface area contributed by atoms with Gasteiger partial charge in [0.25, 0.3) is 11.8 Å². The number of imide groups is 2. The molecule has 8 rings (SSSR count). The summed E-state index contributed by atoms with van der Waals surface area (Å²) in [5, 5.41) is 12.4. The maximum atomic E-state index is 15.3. The van der Waals surface area contributed by atoms with Crippen molar-refractivity contribution in [1.82, 2.24) is 5.01 Å². The normalized spacial score (nSPS) is 26.2. The average molecular weight is 848 g/mol. The number of benzene rings is 4. The molecular formula is C40H32ClFIN3O7. The van der Waals surface area contributed by atoms with Crippen LogP contribution in [0.4, 0.5) is 15.8 Å². The van der Waals surface area contributed by atoms with E-state index in [1.807, 2.05) is 18.2 Å². The minimum atomic E-state index is -1.61. The Kier molecular flexibility index (Phi) is 8.72. The molecule has 1 saturated carbocycles. The molecule has 6 unspecified atom stereocenters. The van der Waals surface area contributed by atoms with Gasteiger partial charge in [-0.05, 0) is 125 Å². The second-order valence-corrected chi connectivity index (χ2v) is 15.3. The van der Waals surface area contributed by atoms with Gasteiger partial charge >= 0.3 is 0 Å². The first-order valence-corrected chi connectivity index (χ1v) is 18.4. The highest BCUT2D eigenvalue weighted by molar-refractivity contribution is 14.1. The molecule has 10 nitrogen and oxygen atoms in total. The Morgan fingerprint density at radius 2 is 1.51 bits per heavy atom. The summed E-state index contributed by atoms with van der Waals surface area (Å²) in [6.07, 6.45) is 2.24. The summed E-state index contributed by atoms with van der Waals surface area (Å²) in [6, 6.07) is 22.4. The molecule has 53 heavy (non-hydrogen) atoms. The van der Waals surface area contributed by atoms with E-state index in [1.54, 1.807) is 48.5 Å². The van der Waals surface area contributed by atoms with Gasteiger partial charge in [0, 0.05) is 14.5 Å². The fraction of sp³-hybridized carbons (Fsp3) is 0.250. The van der Waals surface area contributed by atoms with Gasteiger partial charge in [-0.3, -0.25) is 29.5 Å². The molecule has 2 N–H and O–H groups in total. The van der Waals surface area contributed by atoms with E-state index in [1.165, 1.54) is 43.4 Å². The minimum Gasteiger partial charge on any atom is -0.502 e. The molecule has 13 heteroatoms. The lowest BCUT2D eigenvalue weighted by Gasteiger charge is -2.50. The van der Waals surface area contributed by atoms with Gasteiger partial charge in [-0.15, -0.1) is 0 Å². The highest BCUT2D eigenvalue weighted by Gasteiger charge is 2.70. The van der Waals surface area contributed by atoms with E-state index in [9.17, 15) is 23.9 Å². The van der Waals surface area contributed by atoms with Crippen LogP contribution in [0.3, 0.4) is 0 Å². The van der Waals surface area contributed by atoms with Crippen LogP contribution in [0.25, 0.3) is 0 Å². The SMILES string of the molecule is COc1cc(C2C3=CCC4C(=O)N(c5ccc(I)cc5)C(=O)C4C3CC3C(=O)N(Nc4ccc(F)cc4)C(=O)C32c2ccc(Cl)cc2)cc(OC)c1O. The third-order valence-corrected chi connectivity index (χ3v) is 12.1. The maximum Gasteiger partial charge on any atom is 0.260 e. The Hall–Kier alpha value is -4.95. The Morgan fingerprint density at radius 1 is 0.868 bits per heavy atom. The predicted octanol–water partition coefficient (Wildman–Crippen LogP) is 7.00. The summed E-state index contributed by atoms with van der Waals surface area (Å²) in [4.78, 5) is 60.0. The lowest BCUT2D eigenvalue weighted by molar-refractivity contribution is -0.138. The van der Waals surface area contributed by atoms with Gasteiger partial charge in [0.2, 0.25) is 17.6 Å². The fourth-order valence-electron chi connectivity index (χ4n) is 8.96. The monoisotopic (exact) mass is 847 g/mol. The van der Waals surface area contributed by atoms with Crippen LogP contribution in [-0.4, -0.2) is 48.0 Å². The number of hydrogen-bond acceptors (Lipinski definition) is 8. The van der Waals surface area contributed by atoms with Crippen molar-refractivity contribution in [2.24, 2.45) is 23.7 Å². The molecule has 0 spiro atoms. The van der Waals surface area contributed by atoms with Gasteiger partial charge in [-0.25, -0.2) is 4.39 Å². The first kappa shape index (κ1) is 35.1. The molecule has 270 valence electrons. The Morgan fingerprint density at radius 3 is 2.13 bits per heavy atom. The van der Waals surface area contributed by atoms with Gasteiger partial charge in [0.05, 0.1) is 48.8 Å². The maximum absolute atomic E-state index is 15.3. The van der Waals surface area contributed by atoms with Crippen molar-refractivity contribution in [2.45, 2.75) is 24.2 Å². The molecule has 4 aliphatic rings. The molecule has 2 aliphatic carbocycles. The third kappa shape index (κ3) is 5.31. The number of aromatic hydroxyl groups is 1. The summed E-state index contributed by atoms with van der Waals surface area (Å²) in [7, 11) is 2.79. The van der Waals surface area contributed by atoms with Gasteiger partial charge in [-0.2, -0.15) is 5.01 Å². The highest BCUT2D eigenvalue weighted by Crippen LogP contribution is 2.65. The molecule has 3 fully saturated rings. The van der Waals surface area contributed by atoms with Gasteiger partial charge < -0.3 is 14.6 Å². The van der Waals surface area contributed by atoms with Crippen molar-refractivity contribution >= 4 is 69.2 Å². The molecule has 4 aromatic rings. The zero-order valence-corrected chi connectivity index (χ0v) is 31.3. The number of nitrogens with one attached hydrogen (secondary N) is 1. The number of phenols is 1. The summed E-state index contributed by atoms with van der Waals surface area (Å²) in [5.74, 6) is -6.47. The minimum absolute atomic E-state index is 0.0736. The number of hydrazine groups is 1. The first-order valence-electron chi connectivity index (χ1n) is 16.9. The number of nitrogens with zero attached hydrogens (tertiary/aromatic N) is 2. The number of methoxy groups -OCH3 is 2. The Balaban J connectivity index is 1.35. The molecule has 2 saturated heterocycles. The number of phenolic OH excluding ortho intramolecular Hbond substituents is 1. The molecule has 0 bridgehead atoms. The largest absolute Gasteiger partial charge is 0.502 e. The Bertz CT molecular complexity index is 2190. The molecule has 2 heterocycles. The molecule has 0 aromatic heterocycles. The molecule has 0 radical (unpaired) electrons. The number of rotatable bonds is 7. The summed E-state index contributed by atoms with van der Waals surface area (Å²) in [5.41, 5.74) is 3.80. The standard InChI is InChI=1S/C40H32ClFIN3O7/c1-52-31-17-20(18-32(53-2)35(31)47)34-27-15-16-28-33(38(50)45(36(28)48)26-13-9-24(43)10-14-26)29(27)19-30-37(49)46(44-25-11-7-23(42)8-12-25)39(51)40(30,34)21-3-5-22(41)6-4-21/h3-15,17-18,28-30,33-34,44,47H,16,19H2,1-2H3. The number of carbonyl (C=O) groups is 4. The van der Waals surface area contributed by atoms with Gasteiger partial charge in [0.1, 0.15) is 5.82 Å². The van der Waals surface area contributed by atoms with E-state index in [0.29, 0.717) is 33.1 Å². The first-order chi connectivity index (χ1) is 25.5. The average Bonchev–Trinajstić information content (AvgIpc) is 3.54. The molecular weight excluding hydrogens is 816 g/mol. The van der Waals surface area contributed by atoms with E-state index in [-0.39, 0.29) is 41.9 Å². The van der Waals surface area contributed by atoms with E-state index in [0.717, 1.165) is 8.58 Å². The topological polar surface area (TPSA) is 125 Å². The number of ether oxygens (including phenoxy) is 2. The van der Waals surface area contributed by atoms with Crippen LogP contribution in [0.1, 0.15) is 29.9 Å². The van der Waals surface area contributed by atoms with Crippen molar-refractivity contribution in [2.75, 3.05) is 24.5 Å². The number of anilines is 2. The second-order valence-electron chi connectivity index (χ2n) is 13.6. The third-order valence-electron chi connectivity index (χ3n) is 11.2. The van der Waals surface area contributed by atoms with Crippen LogP contribution >= 0.6 is 34.2 Å². The fourth-order valence-corrected chi connectivity index (χ4v) is 9.44. The smallest absolute Gasteiger partial charge is 0.260 e. The molecule has 2 aliphatic heterocycles. The van der Waals surface area contributed by atoms with E-state index < -0.39 is 52.6 Å². The number of amides is 4.